The fraction of sp³-hybridized carbons (Fsp3) is 0.800. The summed E-state index contributed by atoms with van der Waals surface area (Å²) in [5.74, 6) is 0.414. The molecule has 1 nitrogen and oxygen atoms in total. The van der Waals surface area contributed by atoms with E-state index in [1.807, 2.05) is 0 Å². The van der Waals surface area contributed by atoms with Gasteiger partial charge in [-0.05, 0) is 12.8 Å². The molecule has 1 rings (SSSR count). The van der Waals surface area contributed by atoms with E-state index in [0.717, 1.165) is 12.8 Å². The number of rotatable bonds is 1. The summed E-state index contributed by atoms with van der Waals surface area (Å²) in [6, 6.07) is 0. The van der Waals surface area contributed by atoms with Crippen molar-refractivity contribution in [3.8, 4) is 0 Å². The Morgan fingerprint density at radius 1 is 1.42 bits per heavy atom. The zero-order chi connectivity index (χ0) is 9.35. The number of hydrogen-bond acceptors (Lipinski definition) is 1. The van der Waals surface area contributed by atoms with Crippen LogP contribution in [0, 0.1) is 5.92 Å². The molecule has 0 unspecified atom stereocenters. The van der Waals surface area contributed by atoms with E-state index in [-0.39, 0.29) is 6.10 Å². The van der Waals surface area contributed by atoms with Gasteiger partial charge in [0.25, 0.3) is 0 Å². The summed E-state index contributed by atoms with van der Waals surface area (Å²) in [7, 11) is -1.07. The van der Waals surface area contributed by atoms with Crippen LogP contribution in [0.4, 0.5) is 0 Å². The first-order chi connectivity index (χ1) is 5.40. The Bertz CT molecular complexity index is 191. The molecule has 0 bridgehead atoms. The smallest absolute Gasteiger partial charge is 0.0686 e. The highest BCUT2D eigenvalue weighted by atomic mass is 28.3. The van der Waals surface area contributed by atoms with Crippen LogP contribution in [0.25, 0.3) is 0 Å². The van der Waals surface area contributed by atoms with Gasteiger partial charge < -0.3 is 5.11 Å². The van der Waals surface area contributed by atoms with Gasteiger partial charge >= 0.3 is 0 Å². The first-order valence-electron chi connectivity index (χ1n) is 4.80. The van der Waals surface area contributed by atoms with Crippen LogP contribution in [0.3, 0.4) is 0 Å². The lowest BCUT2D eigenvalue weighted by Gasteiger charge is -2.15. The summed E-state index contributed by atoms with van der Waals surface area (Å²) in [6.07, 6.45) is 2.01. The lowest BCUT2D eigenvalue weighted by Crippen LogP contribution is -2.19. The minimum absolute atomic E-state index is 0.0763. The Kier molecular flexibility index (Phi) is 2.79. The molecule has 0 aromatic heterocycles. The van der Waals surface area contributed by atoms with Gasteiger partial charge in [-0.25, -0.2) is 0 Å². The van der Waals surface area contributed by atoms with Crippen molar-refractivity contribution >= 4 is 8.07 Å². The van der Waals surface area contributed by atoms with E-state index in [4.69, 9.17) is 0 Å². The van der Waals surface area contributed by atoms with Gasteiger partial charge in [0.1, 0.15) is 0 Å². The van der Waals surface area contributed by atoms with E-state index in [9.17, 15) is 5.11 Å². The average molecular weight is 184 g/mol. The third-order valence-corrected chi connectivity index (χ3v) is 3.75. The average Bonchev–Trinajstić information content (AvgIpc) is 2.16. The van der Waals surface area contributed by atoms with Crippen LogP contribution in [-0.2, 0) is 0 Å². The molecule has 70 valence electrons. The molecular formula is C10H20OSi. The van der Waals surface area contributed by atoms with Crippen LogP contribution in [0.5, 0.6) is 0 Å². The molecule has 2 heteroatoms. The van der Waals surface area contributed by atoms with E-state index < -0.39 is 8.07 Å². The highest BCUT2D eigenvalue weighted by Crippen LogP contribution is 2.32. The predicted octanol–water partition coefficient (Wildman–Crippen LogP) is 2.58. The number of aliphatic hydroxyl groups excluding tert-OH is 1. The van der Waals surface area contributed by atoms with E-state index in [1.54, 1.807) is 0 Å². The Balaban J connectivity index is 2.71. The van der Waals surface area contributed by atoms with E-state index in [1.165, 1.54) is 5.57 Å². The summed E-state index contributed by atoms with van der Waals surface area (Å²) in [6.45, 7) is 9.18. The van der Waals surface area contributed by atoms with Gasteiger partial charge in [0.05, 0.1) is 14.2 Å². The second-order valence-electron chi connectivity index (χ2n) is 4.98. The highest BCUT2D eigenvalue weighted by Gasteiger charge is 2.27. The minimum atomic E-state index is -1.07. The van der Waals surface area contributed by atoms with E-state index in [0.29, 0.717) is 5.92 Å². The normalized spacial score (nSPS) is 34.6. The lowest BCUT2D eigenvalue weighted by atomic mass is 10.1. The molecule has 0 saturated heterocycles. The SMILES string of the molecule is C[C@H]1/C(=C/[Si](C)(C)C)CC[C@@H]1O. The van der Waals surface area contributed by atoms with Crippen molar-refractivity contribution < 1.29 is 5.11 Å². The third-order valence-electron chi connectivity index (χ3n) is 2.51. The van der Waals surface area contributed by atoms with Gasteiger partial charge in [0.15, 0.2) is 0 Å². The highest BCUT2D eigenvalue weighted by molar-refractivity contribution is 6.81. The van der Waals surface area contributed by atoms with Crippen molar-refractivity contribution in [3.63, 3.8) is 0 Å². The van der Waals surface area contributed by atoms with Crippen LogP contribution in [0.2, 0.25) is 19.6 Å². The second kappa shape index (κ2) is 3.34. The van der Waals surface area contributed by atoms with Crippen molar-refractivity contribution in [2.45, 2.75) is 45.5 Å². The van der Waals surface area contributed by atoms with Gasteiger partial charge in [-0.15, -0.1) is 0 Å². The molecule has 1 aliphatic carbocycles. The molecule has 0 aromatic carbocycles. The van der Waals surface area contributed by atoms with Gasteiger partial charge in [-0.1, -0.05) is 37.8 Å². The van der Waals surface area contributed by atoms with Crippen LogP contribution in [-0.4, -0.2) is 19.3 Å². The molecule has 0 spiro atoms. The Morgan fingerprint density at radius 3 is 2.33 bits per heavy atom. The summed E-state index contributed by atoms with van der Waals surface area (Å²) in [4.78, 5) is 0. The predicted molar refractivity (Wildman–Crippen MR) is 55.8 cm³/mol. The fourth-order valence-corrected chi connectivity index (χ4v) is 3.32. The zero-order valence-electron chi connectivity index (χ0n) is 8.59. The van der Waals surface area contributed by atoms with Crippen molar-refractivity contribution in [3.05, 3.63) is 11.3 Å². The van der Waals surface area contributed by atoms with Crippen molar-refractivity contribution in [2.24, 2.45) is 5.92 Å². The summed E-state index contributed by atoms with van der Waals surface area (Å²) in [5.41, 5.74) is 3.95. The largest absolute Gasteiger partial charge is 0.393 e. The van der Waals surface area contributed by atoms with Crippen molar-refractivity contribution in [1.29, 1.82) is 0 Å². The van der Waals surface area contributed by atoms with Crippen LogP contribution in [0.15, 0.2) is 11.3 Å². The Morgan fingerprint density at radius 2 is 2.00 bits per heavy atom. The molecule has 2 atom stereocenters. The van der Waals surface area contributed by atoms with Crippen LogP contribution in [0.1, 0.15) is 19.8 Å². The monoisotopic (exact) mass is 184 g/mol. The summed E-state index contributed by atoms with van der Waals surface area (Å²) in [5, 5.41) is 9.54. The zero-order valence-corrected chi connectivity index (χ0v) is 9.59. The summed E-state index contributed by atoms with van der Waals surface area (Å²) >= 11 is 0. The summed E-state index contributed by atoms with van der Waals surface area (Å²) < 4.78 is 0. The molecule has 0 heterocycles. The van der Waals surface area contributed by atoms with Crippen molar-refractivity contribution in [2.75, 3.05) is 0 Å². The quantitative estimate of drug-likeness (QED) is 0.621. The molecule has 1 saturated carbocycles. The molecule has 1 N–H and O–H groups in total. The van der Waals surface area contributed by atoms with Gasteiger partial charge in [0.2, 0.25) is 0 Å². The molecule has 0 aromatic rings. The maximum Gasteiger partial charge on any atom is 0.0686 e. The maximum atomic E-state index is 9.54. The molecule has 1 fully saturated rings. The minimum Gasteiger partial charge on any atom is -0.393 e. The maximum absolute atomic E-state index is 9.54. The molecule has 0 radical (unpaired) electrons. The number of aliphatic hydroxyl groups is 1. The van der Waals surface area contributed by atoms with Crippen LogP contribution >= 0.6 is 0 Å². The van der Waals surface area contributed by atoms with E-state index in [2.05, 4.69) is 32.3 Å². The van der Waals surface area contributed by atoms with Crippen molar-refractivity contribution in [1.82, 2.24) is 0 Å². The van der Waals surface area contributed by atoms with Gasteiger partial charge in [0, 0.05) is 5.92 Å². The van der Waals surface area contributed by atoms with E-state index >= 15 is 0 Å². The topological polar surface area (TPSA) is 20.2 Å². The lowest BCUT2D eigenvalue weighted by molar-refractivity contribution is 0.149. The molecule has 0 aliphatic heterocycles. The first-order valence-corrected chi connectivity index (χ1v) is 8.37. The van der Waals surface area contributed by atoms with Gasteiger partial charge in [-0.3, -0.25) is 0 Å². The standard InChI is InChI=1S/C10H20OSi/c1-8-9(5-6-10(8)11)7-12(2,3)4/h7-8,10-11H,5-6H2,1-4H3/b9-7+/t8-,10-/m0/s1. The fourth-order valence-electron chi connectivity index (χ4n) is 1.80. The third kappa shape index (κ3) is 2.46. The van der Waals surface area contributed by atoms with Gasteiger partial charge in [-0.2, -0.15) is 0 Å². The first kappa shape index (κ1) is 10.0. The molecular weight excluding hydrogens is 164 g/mol. The Hall–Kier alpha value is -0.0831. The second-order valence-corrected chi connectivity index (χ2v) is 10.0. The molecule has 0 amide bonds. The number of hydrogen-bond donors (Lipinski definition) is 1. The Labute approximate surface area is 76.5 Å². The van der Waals surface area contributed by atoms with Crippen LogP contribution < -0.4 is 0 Å². The molecule has 1 aliphatic rings. The molecule has 12 heavy (non-hydrogen) atoms.